The number of esters is 2. The van der Waals surface area contributed by atoms with E-state index in [-0.39, 0.29) is 25.2 Å². The molecule has 45 heavy (non-hydrogen) atoms. The lowest BCUT2D eigenvalue weighted by Crippen LogP contribution is -2.28. The van der Waals surface area contributed by atoms with E-state index in [4.69, 9.17) is 9.47 Å². The first-order chi connectivity index (χ1) is 22.1. The van der Waals surface area contributed by atoms with Crippen LogP contribution in [0, 0.1) is 0 Å². The van der Waals surface area contributed by atoms with Gasteiger partial charge in [0.25, 0.3) is 0 Å². The average molecular weight is 635 g/mol. The predicted molar refractivity (Wildman–Crippen MR) is 191 cm³/mol. The Hall–Kier alpha value is -1.62. The van der Waals surface area contributed by atoms with Gasteiger partial charge >= 0.3 is 11.9 Å². The molecule has 0 bridgehead atoms. The molecule has 1 atom stereocenters. The van der Waals surface area contributed by atoms with E-state index in [1.165, 1.54) is 128 Å². The highest BCUT2D eigenvalue weighted by Gasteiger charge is 2.16. The fourth-order valence-corrected chi connectivity index (χ4v) is 5.48. The van der Waals surface area contributed by atoms with E-state index >= 15 is 0 Å². The summed E-state index contributed by atoms with van der Waals surface area (Å²) >= 11 is 0. The fraction of sp³-hybridized carbons (Fsp3) is 0.850. The largest absolute Gasteiger partial charge is 0.462 e. The molecule has 0 aromatic rings. The number of allylic oxidation sites excluding steroid dienone is 4. The summed E-state index contributed by atoms with van der Waals surface area (Å²) in [4.78, 5) is 24.2. The summed E-state index contributed by atoms with van der Waals surface area (Å²) in [5.41, 5.74) is 0. The Labute approximate surface area is 279 Å². The van der Waals surface area contributed by atoms with Crippen molar-refractivity contribution in [3.8, 4) is 0 Å². The van der Waals surface area contributed by atoms with E-state index in [9.17, 15) is 14.7 Å². The molecule has 5 nitrogen and oxygen atoms in total. The lowest BCUT2D eigenvalue weighted by molar-refractivity contribution is -0.161. The van der Waals surface area contributed by atoms with Crippen molar-refractivity contribution in [2.24, 2.45) is 0 Å². The molecule has 0 heterocycles. The Morgan fingerprint density at radius 2 is 0.822 bits per heavy atom. The SMILES string of the molecule is CCCCC/C=C/CCCCCCCC(=O)OC[C@H](CO)OC(=O)CCCCCCCCCCC/C=C/CCCCCCCC. The van der Waals surface area contributed by atoms with Gasteiger partial charge in [-0.3, -0.25) is 9.59 Å². The van der Waals surface area contributed by atoms with Crippen molar-refractivity contribution >= 4 is 11.9 Å². The van der Waals surface area contributed by atoms with E-state index in [2.05, 4.69) is 38.2 Å². The first-order valence-electron chi connectivity index (χ1n) is 19.4. The third-order valence-electron chi connectivity index (χ3n) is 8.47. The van der Waals surface area contributed by atoms with Gasteiger partial charge in [0, 0.05) is 12.8 Å². The molecule has 0 aromatic heterocycles. The van der Waals surface area contributed by atoms with Crippen LogP contribution >= 0.6 is 0 Å². The Balaban J connectivity index is 3.54. The van der Waals surface area contributed by atoms with Crippen LogP contribution in [0.1, 0.15) is 200 Å². The molecule has 0 radical (unpaired) electrons. The van der Waals surface area contributed by atoms with E-state index in [1.54, 1.807) is 0 Å². The van der Waals surface area contributed by atoms with Crippen LogP contribution < -0.4 is 0 Å². The second-order valence-electron chi connectivity index (χ2n) is 13.0. The molecule has 5 heteroatoms. The summed E-state index contributed by atoms with van der Waals surface area (Å²) in [6.07, 6.45) is 42.4. The molecule has 0 rings (SSSR count). The number of hydrogen-bond donors (Lipinski definition) is 1. The molecule has 0 aliphatic heterocycles. The van der Waals surface area contributed by atoms with Crippen LogP contribution in [0.2, 0.25) is 0 Å². The minimum atomic E-state index is -0.771. The normalized spacial score (nSPS) is 12.3. The van der Waals surface area contributed by atoms with Crippen LogP contribution in [0.4, 0.5) is 0 Å². The van der Waals surface area contributed by atoms with Crippen molar-refractivity contribution in [2.45, 2.75) is 206 Å². The maximum Gasteiger partial charge on any atom is 0.306 e. The number of aliphatic hydroxyl groups excluding tert-OH is 1. The Morgan fingerprint density at radius 1 is 0.489 bits per heavy atom. The van der Waals surface area contributed by atoms with Crippen molar-refractivity contribution in [1.82, 2.24) is 0 Å². The molecule has 0 saturated carbocycles. The van der Waals surface area contributed by atoms with Gasteiger partial charge in [-0.05, 0) is 64.2 Å². The molecule has 0 aliphatic carbocycles. The second-order valence-corrected chi connectivity index (χ2v) is 13.0. The number of ether oxygens (including phenoxy) is 2. The van der Waals surface area contributed by atoms with Gasteiger partial charge in [-0.15, -0.1) is 0 Å². The summed E-state index contributed by atoms with van der Waals surface area (Å²) in [5, 5.41) is 9.53. The molecule has 0 unspecified atom stereocenters. The van der Waals surface area contributed by atoms with Crippen LogP contribution in [0.15, 0.2) is 24.3 Å². The number of rotatable bonds is 35. The van der Waals surface area contributed by atoms with Gasteiger partial charge in [0.2, 0.25) is 0 Å². The smallest absolute Gasteiger partial charge is 0.306 e. The number of aliphatic hydroxyl groups is 1. The van der Waals surface area contributed by atoms with E-state index in [1.807, 2.05) is 0 Å². The van der Waals surface area contributed by atoms with Crippen LogP contribution in [0.5, 0.6) is 0 Å². The molecule has 0 fully saturated rings. The topological polar surface area (TPSA) is 72.8 Å². The Morgan fingerprint density at radius 3 is 1.24 bits per heavy atom. The highest BCUT2D eigenvalue weighted by atomic mass is 16.6. The first kappa shape index (κ1) is 43.4. The third-order valence-corrected chi connectivity index (χ3v) is 8.47. The maximum absolute atomic E-state index is 12.2. The number of carbonyl (C=O) groups excluding carboxylic acids is 2. The first-order valence-corrected chi connectivity index (χ1v) is 19.4. The number of carbonyl (C=O) groups is 2. The molecule has 0 aliphatic rings. The van der Waals surface area contributed by atoms with Gasteiger partial charge in [-0.2, -0.15) is 0 Å². The third kappa shape index (κ3) is 35.1. The minimum absolute atomic E-state index is 0.0683. The van der Waals surface area contributed by atoms with Gasteiger partial charge in [0.1, 0.15) is 6.61 Å². The summed E-state index contributed by atoms with van der Waals surface area (Å²) in [5.74, 6) is -0.600. The van der Waals surface area contributed by atoms with Gasteiger partial charge in [0.15, 0.2) is 6.10 Å². The van der Waals surface area contributed by atoms with Crippen molar-refractivity contribution in [1.29, 1.82) is 0 Å². The zero-order valence-corrected chi connectivity index (χ0v) is 29.9. The van der Waals surface area contributed by atoms with Crippen molar-refractivity contribution in [2.75, 3.05) is 13.2 Å². The maximum atomic E-state index is 12.2. The molecule has 0 amide bonds. The molecule has 0 spiro atoms. The van der Waals surface area contributed by atoms with Crippen LogP contribution in [-0.2, 0) is 19.1 Å². The number of unbranched alkanes of at least 4 members (excludes halogenated alkanes) is 23. The predicted octanol–water partition coefficient (Wildman–Crippen LogP) is 11.9. The van der Waals surface area contributed by atoms with Gasteiger partial charge < -0.3 is 14.6 Å². The van der Waals surface area contributed by atoms with Gasteiger partial charge in [-0.25, -0.2) is 0 Å². The average Bonchev–Trinajstić information content (AvgIpc) is 3.04. The summed E-state index contributed by atoms with van der Waals surface area (Å²) < 4.78 is 10.6. The Kier molecular flexibility index (Phi) is 35.5. The van der Waals surface area contributed by atoms with Gasteiger partial charge in [0.05, 0.1) is 6.61 Å². The highest BCUT2D eigenvalue weighted by Crippen LogP contribution is 2.13. The molecule has 264 valence electrons. The molecule has 1 N–H and O–H groups in total. The lowest BCUT2D eigenvalue weighted by atomic mass is 10.1. The second kappa shape index (κ2) is 36.8. The zero-order chi connectivity index (χ0) is 32.9. The van der Waals surface area contributed by atoms with Crippen molar-refractivity contribution in [3.63, 3.8) is 0 Å². The number of hydrogen-bond acceptors (Lipinski definition) is 5. The molecular formula is C40H74O5. The standard InChI is InChI=1S/C40H74O5/c1-3-5-7-9-11-13-15-17-18-19-20-21-22-23-25-27-29-31-33-35-40(43)45-38(36-41)37-44-39(42)34-32-30-28-26-24-16-14-12-10-8-6-4-2/h12,14,17-18,38,41H,3-11,13,15-16,19-37H2,1-2H3/b14-12+,18-17+/t38-/m0/s1. The zero-order valence-electron chi connectivity index (χ0n) is 29.9. The van der Waals surface area contributed by atoms with Crippen molar-refractivity contribution in [3.05, 3.63) is 24.3 Å². The highest BCUT2D eigenvalue weighted by molar-refractivity contribution is 5.70. The van der Waals surface area contributed by atoms with Gasteiger partial charge in [-0.1, -0.05) is 147 Å². The van der Waals surface area contributed by atoms with Crippen LogP contribution in [-0.4, -0.2) is 36.4 Å². The van der Waals surface area contributed by atoms with Crippen LogP contribution in [0.25, 0.3) is 0 Å². The fourth-order valence-electron chi connectivity index (χ4n) is 5.48. The summed E-state index contributed by atoms with van der Waals surface area (Å²) in [7, 11) is 0. The summed E-state index contributed by atoms with van der Waals surface area (Å²) in [6.45, 7) is 4.10. The van der Waals surface area contributed by atoms with E-state index in [0.717, 1.165) is 44.9 Å². The van der Waals surface area contributed by atoms with Crippen LogP contribution in [0.3, 0.4) is 0 Å². The van der Waals surface area contributed by atoms with E-state index < -0.39 is 6.10 Å². The lowest BCUT2D eigenvalue weighted by Gasteiger charge is -2.15. The molecule has 0 saturated heterocycles. The van der Waals surface area contributed by atoms with Crippen molar-refractivity contribution < 1.29 is 24.2 Å². The molecular weight excluding hydrogens is 560 g/mol. The minimum Gasteiger partial charge on any atom is -0.462 e. The Bertz CT molecular complexity index is 686. The van der Waals surface area contributed by atoms with E-state index in [0.29, 0.717) is 12.8 Å². The monoisotopic (exact) mass is 635 g/mol. The molecule has 0 aromatic carbocycles. The quantitative estimate of drug-likeness (QED) is 0.0426. The summed E-state index contributed by atoms with van der Waals surface area (Å²) in [6, 6.07) is 0.